The van der Waals surface area contributed by atoms with Crippen LogP contribution in [-0.2, 0) is 0 Å². The topological polar surface area (TPSA) is 41.1 Å². The van der Waals surface area contributed by atoms with E-state index in [1.54, 1.807) is 6.07 Å². The zero-order chi connectivity index (χ0) is 12.4. The van der Waals surface area contributed by atoms with Crippen LogP contribution in [0.5, 0.6) is 0 Å². The van der Waals surface area contributed by atoms with Crippen molar-refractivity contribution in [1.29, 1.82) is 0 Å². The van der Waals surface area contributed by atoms with Gasteiger partial charge in [0.25, 0.3) is 0 Å². The second-order valence-corrected chi connectivity index (χ2v) is 5.26. The normalized spacial score (nSPS) is 16.4. The van der Waals surface area contributed by atoms with Gasteiger partial charge in [-0.1, -0.05) is 15.9 Å². The van der Waals surface area contributed by atoms with Gasteiger partial charge in [0.15, 0.2) is 0 Å². The van der Waals surface area contributed by atoms with Gasteiger partial charge in [-0.15, -0.1) is 0 Å². The maximum Gasteiger partial charge on any atom is 0.319 e. The number of carbonyl (C=O) groups is 1. The molecular formula is C12H14BrFN2O. The van der Waals surface area contributed by atoms with Crippen molar-refractivity contribution in [3.05, 3.63) is 28.5 Å². The number of anilines is 1. The summed E-state index contributed by atoms with van der Waals surface area (Å²) in [6.45, 7) is 1.97. The van der Waals surface area contributed by atoms with E-state index in [0.29, 0.717) is 10.4 Å². The lowest BCUT2D eigenvalue weighted by Crippen LogP contribution is -2.37. The highest BCUT2D eigenvalue weighted by Crippen LogP contribution is 2.32. The second-order valence-electron chi connectivity index (χ2n) is 4.35. The fraction of sp³-hybridized carbons (Fsp3) is 0.417. The molecule has 0 saturated heterocycles. The van der Waals surface area contributed by atoms with Gasteiger partial charge in [0.2, 0.25) is 0 Å². The second kappa shape index (κ2) is 5.04. The quantitative estimate of drug-likeness (QED) is 0.881. The lowest BCUT2D eigenvalue weighted by atomic mass is 10.2. The molecule has 1 unspecified atom stereocenters. The van der Waals surface area contributed by atoms with Crippen molar-refractivity contribution in [3.63, 3.8) is 0 Å². The molecule has 92 valence electrons. The van der Waals surface area contributed by atoms with Gasteiger partial charge in [-0.05, 0) is 43.9 Å². The highest BCUT2D eigenvalue weighted by Gasteiger charge is 2.28. The number of hydrogen-bond acceptors (Lipinski definition) is 1. The lowest BCUT2D eigenvalue weighted by Gasteiger charge is -2.14. The Morgan fingerprint density at radius 1 is 1.53 bits per heavy atom. The van der Waals surface area contributed by atoms with Crippen molar-refractivity contribution in [2.75, 3.05) is 5.32 Å². The van der Waals surface area contributed by atoms with E-state index < -0.39 is 5.82 Å². The van der Waals surface area contributed by atoms with E-state index in [4.69, 9.17) is 0 Å². The van der Waals surface area contributed by atoms with Crippen LogP contribution in [-0.4, -0.2) is 12.1 Å². The summed E-state index contributed by atoms with van der Waals surface area (Å²) in [5.74, 6) is 0.129. The number of hydrogen-bond donors (Lipinski definition) is 2. The molecule has 2 rings (SSSR count). The molecule has 1 aromatic carbocycles. The number of halogens is 2. The molecule has 0 spiro atoms. The number of rotatable bonds is 3. The molecule has 1 aromatic rings. The SMILES string of the molecule is CC(NC(=O)Nc1ccc(Br)cc1F)C1CC1. The van der Waals surface area contributed by atoms with E-state index in [9.17, 15) is 9.18 Å². The largest absolute Gasteiger partial charge is 0.335 e. The van der Waals surface area contributed by atoms with Gasteiger partial charge in [0.1, 0.15) is 5.82 Å². The Labute approximate surface area is 108 Å². The molecule has 1 atom stereocenters. The zero-order valence-corrected chi connectivity index (χ0v) is 11.1. The van der Waals surface area contributed by atoms with Gasteiger partial charge < -0.3 is 10.6 Å². The van der Waals surface area contributed by atoms with E-state index in [0.717, 1.165) is 12.8 Å². The average Bonchev–Trinajstić information content (AvgIpc) is 3.05. The molecule has 0 aromatic heterocycles. The zero-order valence-electron chi connectivity index (χ0n) is 9.47. The first kappa shape index (κ1) is 12.4. The minimum atomic E-state index is -0.450. The molecule has 2 N–H and O–H groups in total. The van der Waals surface area contributed by atoms with Crippen LogP contribution in [0.3, 0.4) is 0 Å². The number of benzene rings is 1. The maximum atomic E-state index is 13.4. The van der Waals surface area contributed by atoms with Gasteiger partial charge in [0, 0.05) is 10.5 Å². The maximum absolute atomic E-state index is 13.4. The Morgan fingerprint density at radius 3 is 2.82 bits per heavy atom. The summed E-state index contributed by atoms with van der Waals surface area (Å²) in [7, 11) is 0. The van der Waals surface area contributed by atoms with Crippen LogP contribution in [0.4, 0.5) is 14.9 Å². The molecule has 1 aliphatic carbocycles. The summed E-state index contributed by atoms with van der Waals surface area (Å²) in [4.78, 5) is 11.6. The Hall–Kier alpha value is -1.10. The van der Waals surface area contributed by atoms with Crippen LogP contribution in [0.25, 0.3) is 0 Å². The van der Waals surface area contributed by atoms with Crippen LogP contribution in [0, 0.1) is 11.7 Å². The van der Waals surface area contributed by atoms with E-state index in [1.165, 1.54) is 12.1 Å². The first-order valence-electron chi connectivity index (χ1n) is 5.59. The highest BCUT2D eigenvalue weighted by atomic mass is 79.9. The average molecular weight is 301 g/mol. The van der Waals surface area contributed by atoms with Gasteiger partial charge in [-0.3, -0.25) is 0 Å². The van der Waals surface area contributed by atoms with Crippen molar-refractivity contribution in [2.45, 2.75) is 25.8 Å². The van der Waals surface area contributed by atoms with Crippen LogP contribution in [0.15, 0.2) is 22.7 Å². The van der Waals surface area contributed by atoms with Gasteiger partial charge >= 0.3 is 6.03 Å². The molecule has 5 heteroatoms. The van der Waals surface area contributed by atoms with E-state index in [-0.39, 0.29) is 17.8 Å². The molecule has 3 nitrogen and oxygen atoms in total. The van der Waals surface area contributed by atoms with Crippen molar-refractivity contribution in [3.8, 4) is 0 Å². The van der Waals surface area contributed by atoms with Crippen LogP contribution < -0.4 is 10.6 Å². The number of amides is 2. The standard InChI is InChI=1S/C12H14BrFN2O/c1-7(8-2-3-8)15-12(17)16-11-5-4-9(13)6-10(11)14/h4-8H,2-3H2,1H3,(H2,15,16,17). The molecule has 2 amide bonds. The number of urea groups is 1. The summed E-state index contributed by atoms with van der Waals surface area (Å²) in [6, 6.07) is 4.32. The van der Waals surface area contributed by atoms with E-state index in [1.807, 2.05) is 6.92 Å². The van der Waals surface area contributed by atoms with Gasteiger partial charge in [-0.2, -0.15) is 0 Å². The Balaban J connectivity index is 1.92. The molecule has 1 saturated carbocycles. The fourth-order valence-electron chi connectivity index (χ4n) is 1.67. The van der Waals surface area contributed by atoms with Crippen LogP contribution >= 0.6 is 15.9 Å². The summed E-state index contributed by atoms with van der Waals surface area (Å²) in [5.41, 5.74) is 0.189. The Kier molecular flexibility index (Phi) is 3.66. The molecule has 1 fully saturated rings. The van der Waals surface area contributed by atoms with E-state index in [2.05, 4.69) is 26.6 Å². The van der Waals surface area contributed by atoms with Gasteiger partial charge in [-0.25, -0.2) is 9.18 Å². The predicted molar refractivity (Wildman–Crippen MR) is 68.4 cm³/mol. The predicted octanol–water partition coefficient (Wildman–Crippen LogP) is 3.51. The van der Waals surface area contributed by atoms with Crippen LogP contribution in [0.2, 0.25) is 0 Å². The molecule has 0 radical (unpaired) electrons. The van der Waals surface area contributed by atoms with E-state index >= 15 is 0 Å². The third kappa shape index (κ3) is 3.43. The molecule has 1 aliphatic rings. The minimum Gasteiger partial charge on any atom is -0.335 e. The highest BCUT2D eigenvalue weighted by molar-refractivity contribution is 9.10. The van der Waals surface area contributed by atoms with Crippen molar-refractivity contribution in [2.24, 2.45) is 5.92 Å². The summed E-state index contributed by atoms with van der Waals surface area (Å²) in [6.07, 6.45) is 2.32. The number of nitrogens with one attached hydrogen (secondary N) is 2. The molecule has 0 bridgehead atoms. The summed E-state index contributed by atoms with van der Waals surface area (Å²) < 4.78 is 14.1. The van der Waals surface area contributed by atoms with Crippen molar-refractivity contribution in [1.82, 2.24) is 5.32 Å². The molecular weight excluding hydrogens is 287 g/mol. The van der Waals surface area contributed by atoms with Crippen molar-refractivity contribution < 1.29 is 9.18 Å². The molecule has 0 heterocycles. The Bertz CT molecular complexity index is 435. The Morgan fingerprint density at radius 2 is 2.24 bits per heavy atom. The monoisotopic (exact) mass is 300 g/mol. The van der Waals surface area contributed by atoms with Crippen LogP contribution in [0.1, 0.15) is 19.8 Å². The summed E-state index contributed by atoms with van der Waals surface area (Å²) in [5, 5.41) is 5.31. The smallest absolute Gasteiger partial charge is 0.319 e. The number of carbonyl (C=O) groups excluding carboxylic acids is 1. The molecule has 17 heavy (non-hydrogen) atoms. The first-order chi connectivity index (χ1) is 8.06. The summed E-state index contributed by atoms with van der Waals surface area (Å²) >= 11 is 3.16. The lowest BCUT2D eigenvalue weighted by molar-refractivity contribution is 0.248. The van der Waals surface area contributed by atoms with Gasteiger partial charge in [0.05, 0.1) is 5.69 Å². The molecule has 0 aliphatic heterocycles. The third-order valence-electron chi connectivity index (χ3n) is 2.87. The first-order valence-corrected chi connectivity index (χ1v) is 6.38. The fourth-order valence-corrected chi connectivity index (χ4v) is 2.00. The third-order valence-corrected chi connectivity index (χ3v) is 3.36. The van der Waals surface area contributed by atoms with Crippen molar-refractivity contribution >= 4 is 27.6 Å². The minimum absolute atomic E-state index is 0.147.